The van der Waals surface area contributed by atoms with Crippen molar-refractivity contribution < 1.29 is 23.4 Å². The van der Waals surface area contributed by atoms with E-state index in [1.165, 1.54) is 12.3 Å². The van der Waals surface area contributed by atoms with Crippen molar-refractivity contribution in [3.63, 3.8) is 0 Å². The van der Waals surface area contributed by atoms with Crippen LogP contribution in [0.3, 0.4) is 0 Å². The standard InChI is InChI=1S/C24H25N5O5S/c1-24(2,32)17-6-7-25-20(11-17)16-12-27-22(28-13-16)19-14-29(35(3,33)34)21-5-4-15(10-18(19)21)23(31)26-8-9-30/h4-7,10-14,30,32H,8-9H2,1-3H3,(H,26,31). The highest BCUT2D eigenvalue weighted by Gasteiger charge is 2.20. The smallest absolute Gasteiger partial charge is 0.251 e. The van der Waals surface area contributed by atoms with Crippen molar-refractivity contribution in [1.82, 2.24) is 24.2 Å². The number of amides is 1. The van der Waals surface area contributed by atoms with Crippen LogP contribution >= 0.6 is 0 Å². The summed E-state index contributed by atoms with van der Waals surface area (Å²) in [6.07, 6.45) is 7.25. The fourth-order valence-electron chi connectivity index (χ4n) is 3.63. The second-order valence-corrected chi connectivity index (χ2v) is 10.5. The molecule has 11 heteroatoms. The molecule has 182 valence electrons. The molecule has 35 heavy (non-hydrogen) atoms. The highest BCUT2D eigenvalue weighted by molar-refractivity contribution is 7.89. The average molecular weight is 496 g/mol. The molecule has 3 N–H and O–H groups in total. The van der Waals surface area contributed by atoms with E-state index in [4.69, 9.17) is 5.11 Å². The van der Waals surface area contributed by atoms with Crippen molar-refractivity contribution in [2.75, 3.05) is 19.4 Å². The zero-order chi connectivity index (χ0) is 25.4. The minimum absolute atomic E-state index is 0.0986. The molecule has 0 aliphatic carbocycles. The molecule has 1 aromatic carbocycles. The summed E-state index contributed by atoms with van der Waals surface area (Å²) in [6.45, 7) is 3.27. The van der Waals surface area contributed by atoms with Crippen LogP contribution in [-0.4, -0.2) is 62.9 Å². The van der Waals surface area contributed by atoms with E-state index in [0.717, 1.165) is 10.2 Å². The number of fused-ring (bicyclic) bond motifs is 1. The number of rotatable bonds is 7. The van der Waals surface area contributed by atoms with Crippen molar-refractivity contribution in [2.45, 2.75) is 19.4 Å². The summed E-state index contributed by atoms with van der Waals surface area (Å²) >= 11 is 0. The van der Waals surface area contributed by atoms with Gasteiger partial charge < -0.3 is 15.5 Å². The normalized spacial score (nSPS) is 12.1. The van der Waals surface area contributed by atoms with E-state index >= 15 is 0 Å². The molecule has 0 saturated carbocycles. The SMILES string of the molecule is CC(C)(O)c1ccnc(-c2cnc(-c3cn(S(C)(=O)=O)c4ccc(C(=O)NCCO)cc34)nc2)c1. The molecule has 4 rings (SSSR count). The Morgan fingerprint density at radius 1 is 1.11 bits per heavy atom. The molecule has 0 radical (unpaired) electrons. The van der Waals surface area contributed by atoms with Crippen molar-refractivity contribution in [2.24, 2.45) is 0 Å². The minimum Gasteiger partial charge on any atom is -0.395 e. The summed E-state index contributed by atoms with van der Waals surface area (Å²) in [5, 5.41) is 22.3. The van der Waals surface area contributed by atoms with E-state index in [0.29, 0.717) is 38.9 Å². The van der Waals surface area contributed by atoms with E-state index in [1.54, 1.807) is 56.7 Å². The lowest BCUT2D eigenvalue weighted by Crippen LogP contribution is -2.26. The lowest BCUT2D eigenvalue weighted by molar-refractivity contribution is 0.0785. The Morgan fingerprint density at radius 2 is 1.83 bits per heavy atom. The van der Waals surface area contributed by atoms with Gasteiger partial charge in [0.25, 0.3) is 5.91 Å². The third-order valence-electron chi connectivity index (χ3n) is 5.44. The molecule has 0 aliphatic heterocycles. The molecule has 10 nitrogen and oxygen atoms in total. The first-order valence-corrected chi connectivity index (χ1v) is 12.6. The maximum absolute atomic E-state index is 12.4. The molecule has 0 saturated heterocycles. The van der Waals surface area contributed by atoms with Crippen LogP contribution < -0.4 is 5.32 Å². The molecule has 0 unspecified atom stereocenters. The molecule has 0 fully saturated rings. The van der Waals surface area contributed by atoms with Gasteiger partial charge in [-0.25, -0.2) is 22.4 Å². The van der Waals surface area contributed by atoms with Gasteiger partial charge in [0.2, 0.25) is 10.0 Å². The van der Waals surface area contributed by atoms with Crippen molar-refractivity contribution in [3.05, 3.63) is 66.2 Å². The minimum atomic E-state index is -3.64. The molecule has 0 atom stereocenters. The second-order valence-electron chi connectivity index (χ2n) is 8.60. The molecular weight excluding hydrogens is 470 g/mol. The van der Waals surface area contributed by atoms with Gasteiger partial charge in [0.15, 0.2) is 5.82 Å². The number of aliphatic hydroxyl groups is 2. The van der Waals surface area contributed by atoms with Gasteiger partial charge in [-0.1, -0.05) is 0 Å². The summed E-state index contributed by atoms with van der Waals surface area (Å²) in [4.78, 5) is 25.6. The highest BCUT2D eigenvalue weighted by Crippen LogP contribution is 2.31. The number of carbonyl (C=O) groups is 1. The largest absolute Gasteiger partial charge is 0.395 e. The maximum atomic E-state index is 12.4. The summed E-state index contributed by atoms with van der Waals surface area (Å²) in [7, 11) is -3.64. The molecule has 3 heterocycles. The number of aliphatic hydroxyl groups excluding tert-OH is 1. The van der Waals surface area contributed by atoms with E-state index in [2.05, 4.69) is 20.3 Å². The van der Waals surface area contributed by atoms with Gasteiger partial charge in [0.05, 0.1) is 29.7 Å². The number of benzene rings is 1. The van der Waals surface area contributed by atoms with Crippen LogP contribution in [0, 0.1) is 0 Å². The number of hydrogen-bond donors (Lipinski definition) is 3. The average Bonchev–Trinajstić information content (AvgIpc) is 3.21. The number of carbonyl (C=O) groups excluding carboxylic acids is 1. The third kappa shape index (κ3) is 5.06. The van der Waals surface area contributed by atoms with E-state index in [1.807, 2.05) is 0 Å². The van der Waals surface area contributed by atoms with E-state index in [-0.39, 0.29) is 19.0 Å². The van der Waals surface area contributed by atoms with Crippen molar-refractivity contribution >= 4 is 26.8 Å². The van der Waals surface area contributed by atoms with Crippen LogP contribution in [0.1, 0.15) is 29.8 Å². The Kier molecular flexibility index (Phi) is 6.41. The van der Waals surface area contributed by atoms with Gasteiger partial charge in [-0.2, -0.15) is 0 Å². The Labute approximate surface area is 202 Å². The Bertz CT molecular complexity index is 1510. The van der Waals surface area contributed by atoms with Crippen LogP contribution in [0.25, 0.3) is 33.5 Å². The quantitative estimate of drug-likeness (QED) is 0.352. The molecule has 4 aromatic rings. The number of pyridine rings is 1. The summed E-state index contributed by atoms with van der Waals surface area (Å²) < 4.78 is 25.9. The van der Waals surface area contributed by atoms with Crippen LogP contribution in [0.4, 0.5) is 0 Å². The predicted molar refractivity (Wildman–Crippen MR) is 131 cm³/mol. The zero-order valence-electron chi connectivity index (χ0n) is 19.4. The van der Waals surface area contributed by atoms with Crippen molar-refractivity contribution in [1.29, 1.82) is 0 Å². The second kappa shape index (κ2) is 9.17. The highest BCUT2D eigenvalue weighted by atomic mass is 32.2. The van der Waals surface area contributed by atoms with Gasteiger partial charge in [-0.3, -0.25) is 9.78 Å². The topological polar surface area (TPSA) is 147 Å². The lowest BCUT2D eigenvalue weighted by atomic mass is 9.98. The first-order chi connectivity index (χ1) is 16.5. The Balaban J connectivity index is 1.79. The maximum Gasteiger partial charge on any atom is 0.251 e. The first-order valence-electron chi connectivity index (χ1n) is 10.8. The van der Waals surface area contributed by atoms with Gasteiger partial charge in [-0.15, -0.1) is 0 Å². The summed E-state index contributed by atoms with van der Waals surface area (Å²) in [5.41, 5.74) is 1.99. The summed E-state index contributed by atoms with van der Waals surface area (Å²) in [5.74, 6) is -0.124. The van der Waals surface area contributed by atoms with Crippen LogP contribution in [0.2, 0.25) is 0 Å². The Hall–Kier alpha value is -3.67. The molecule has 0 bridgehead atoms. The molecule has 3 aromatic heterocycles. The Morgan fingerprint density at radius 3 is 2.46 bits per heavy atom. The van der Waals surface area contributed by atoms with Gasteiger partial charge in [0.1, 0.15) is 0 Å². The van der Waals surface area contributed by atoms with E-state index < -0.39 is 21.5 Å². The number of nitrogens with one attached hydrogen (secondary N) is 1. The fraction of sp³-hybridized carbons (Fsp3) is 0.250. The molecular formula is C24H25N5O5S. The molecule has 0 spiro atoms. The van der Waals surface area contributed by atoms with Gasteiger partial charge >= 0.3 is 0 Å². The fourth-order valence-corrected chi connectivity index (χ4v) is 4.45. The molecule has 0 aliphatic rings. The number of nitrogens with zero attached hydrogens (tertiary/aromatic N) is 4. The van der Waals surface area contributed by atoms with Crippen molar-refractivity contribution in [3.8, 4) is 22.6 Å². The predicted octanol–water partition coefficient (Wildman–Crippen LogP) is 1.92. The number of aromatic nitrogens is 4. The third-order valence-corrected chi connectivity index (χ3v) is 6.46. The van der Waals surface area contributed by atoms with Gasteiger partial charge in [0, 0.05) is 53.4 Å². The zero-order valence-corrected chi connectivity index (χ0v) is 20.2. The van der Waals surface area contributed by atoms with Crippen LogP contribution in [0.5, 0.6) is 0 Å². The molecule has 1 amide bonds. The summed E-state index contributed by atoms with van der Waals surface area (Å²) in [6, 6.07) is 8.13. The van der Waals surface area contributed by atoms with Crippen LogP contribution in [-0.2, 0) is 15.6 Å². The first kappa shape index (κ1) is 24.5. The number of hydrogen-bond acceptors (Lipinski definition) is 8. The lowest BCUT2D eigenvalue weighted by Gasteiger charge is -2.18. The van der Waals surface area contributed by atoms with Crippen LogP contribution in [0.15, 0.2) is 55.1 Å². The van der Waals surface area contributed by atoms with E-state index in [9.17, 15) is 18.3 Å². The monoisotopic (exact) mass is 495 g/mol. The van der Waals surface area contributed by atoms with Gasteiger partial charge in [-0.05, 0) is 49.7 Å².